The maximum absolute atomic E-state index is 6.07. The van der Waals surface area contributed by atoms with Gasteiger partial charge in [0.25, 0.3) is 0 Å². The van der Waals surface area contributed by atoms with Crippen molar-refractivity contribution in [2.24, 2.45) is 0 Å². The zero-order chi connectivity index (χ0) is 15.4. The van der Waals surface area contributed by atoms with Gasteiger partial charge in [-0.2, -0.15) is 0 Å². The fraction of sp³-hybridized carbons (Fsp3) is 0.438. The van der Waals surface area contributed by atoms with Gasteiger partial charge in [0.15, 0.2) is 5.82 Å². The average molecular weight is 341 g/mol. The van der Waals surface area contributed by atoms with Crippen LogP contribution in [-0.2, 0) is 17.8 Å². The van der Waals surface area contributed by atoms with Crippen LogP contribution in [0.3, 0.4) is 0 Å². The van der Waals surface area contributed by atoms with Gasteiger partial charge in [-0.15, -0.1) is 0 Å². The zero-order valence-electron chi connectivity index (χ0n) is 12.3. The van der Waals surface area contributed by atoms with Crippen molar-refractivity contribution in [3.63, 3.8) is 0 Å². The number of imidazole rings is 1. The molecule has 1 atom stereocenters. The van der Waals surface area contributed by atoms with Crippen LogP contribution < -0.4 is 5.32 Å². The summed E-state index contributed by atoms with van der Waals surface area (Å²) in [4.78, 5) is 4.45. The van der Waals surface area contributed by atoms with E-state index in [4.69, 9.17) is 27.9 Å². The highest BCUT2D eigenvalue weighted by molar-refractivity contribution is 6.42. The molecule has 0 aliphatic carbocycles. The quantitative estimate of drug-likeness (QED) is 0.877. The molecule has 0 unspecified atom stereocenters. The Morgan fingerprint density at radius 3 is 3.00 bits per heavy atom. The lowest BCUT2D eigenvalue weighted by Crippen LogP contribution is -2.85. The minimum absolute atomic E-state index is 0.401. The highest BCUT2D eigenvalue weighted by atomic mass is 35.5. The van der Waals surface area contributed by atoms with Crippen LogP contribution in [0.2, 0.25) is 10.0 Å². The number of aromatic nitrogens is 2. The number of ether oxygens (including phenoxy) is 1. The standard InChI is InChI=1S/C16H19Cl2N3O/c17-14-4-3-12(8-15(14)18)11-21-6-5-20-16(21)10-19-9-13-2-1-7-22-13/h3-6,8,13,19H,1-2,7,9-11H2/p+1/t13-/m1/s1. The molecule has 6 heteroatoms. The van der Waals surface area contributed by atoms with Crippen LogP contribution in [0.1, 0.15) is 24.2 Å². The minimum atomic E-state index is 0.401. The Bertz CT molecular complexity index is 624. The summed E-state index contributed by atoms with van der Waals surface area (Å²) in [5.41, 5.74) is 1.12. The van der Waals surface area contributed by atoms with E-state index in [-0.39, 0.29) is 0 Å². The molecule has 2 heterocycles. The molecule has 1 saturated heterocycles. The van der Waals surface area contributed by atoms with E-state index in [2.05, 4.69) is 14.9 Å². The van der Waals surface area contributed by atoms with Crippen LogP contribution in [0.5, 0.6) is 0 Å². The molecule has 0 spiro atoms. The molecule has 2 N–H and O–H groups in total. The number of nitrogens with zero attached hydrogens (tertiary/aromatic N) is 2. The van der Waals surface area contributed by atoms with Crippen molar-refractivity contribution in [2.75, 3.05) is 13.2 Å². The predicted molar refractivity (Wildman–Crippen MR) is 87.3 cm³/mol. The molecule has 0 amide bonds. The third-order valence-corrected chi connectivity index (χ3v) is 4.66. The molecule has 118 valence electrons. The van der Waals surface area contributed by atoms with Crippen molar-refractivity contribution in [3.05, 3.63) is 52.0 Å². The summed E-state index contributed by atoms with van der Waals surface area (Å²) in [5, 5.41) is 3.44. The van der Waals surface area contributed by atoms with Gasteiger partial charge in [0.2, 0.25) is 0 Å². The summed E-state index contributed by atoms with van der Waals surface area (Å²) < 4.78 is 7.78. The van der Waals surface area contributed by atoms with E-state index in [1.54, 1.807) is 0 Å². The van der Waals surface area contributed by atoms with Crippen LogP contribution in [0.4, 0.5) is 0 Å². The van der Waals surface area contributed by atoms with Crippen molar-refractivity contribution in [1.82, 2.24) is 9.55 Å². The van der Waals surface area contributed by atoms with Gasteiger partial charge in [-0.25, -0.2) is 4.98 Å². The fourth-order valence-corrected chi connectivity index (χ4v) is 3.06. The first-order chi connectivity index (χ1) is 10.7. The molecule has 0 bridgehead atoms. The molecular formula is C16H20Cl2N3O+. The smallest absolute Gasteiger partial charge is 0.164 e. The third-order valence-electron chi connectivity index (χ3n) is 3.92. The maximum atomic E-state index is 6.07. The van der Waals surface area contributed by atoms with E-state index in [9.17, 15) is 0 Å². The Morgan fingerprint density at radius 1 is 1.32 bits per heavy atom. The molecule has 1 fully saturated rings. The van der Waals surface area contributed by atoms with Crippen molar-refractivity contribution >= 4 is 23.2 Å². The number of rotatable bonds is 6. The van der Waals surface area contributed by atoms with E-state index < -0.39 is 0 Å². The number of nitrogens with two attached hydrogens (primary N) is 1. The van der Waals surface area contributed by atoms with Gasteiger partial charge in [-0.3, -0.25) is 0 Å². The van der Waals surface area contributed by atoms with E-state index in [0.717, 1.165) is 37.6 Å². The van der Waals surface area contributed by atoms with Crippen LogP contribution in [-0.4, -0.2) is 28.8 Å². The first kappa shape index (κ1) is 15.8. The second kappa shape index (κ2) is 7.47. The summed E-state index contributed by atoms with van der Waals surface area (Å²) >= 11 is 12.0. The first-order valence-electron chi connectivity index (χ1n) is 7.59. The number of quaternary nitrogens is 1. The van der Waals surface area contributed by atoms with Gasteiger partial charge in [0.1, 0.15) is 19.2 Å². The Balaban J connectivity index is 1.57. The Hall–Kier alpha value is -1.07. The lowest BCUT2D eigenvalue weighted by Gasteiger charge is -2.10. The molecule has 1 aliphatic rings. The molecule has 0 saturated carbocycles. The summed E-state index contributed by atoms with van der Waals surface area (Å²) in [6.07, 6.45) is 6.60. The van der Waals surface area contributed by atoms with Crippen LogP contribution in [0, 0.1) is 0 Å². The van der Waals surface area contributed by atoms with Gasteiger partial charge in [-0.05, 0) is 30.5 Å². The van der Waals surface area contributed by atoms with E-state index >= 15 is 0 Å². The third kappa shape index (κ3) is 4.02. The van der Waals surface area contributed by atoms with Gasteiger partial charge in [-0.1, -0.05) is 29.3 Å². The second-order valence-electron chi connectivity index (χ2n) is 5.58. The number of benzene rings is 1. The number of hydrogen-bond donors (Lipinski definition) is 1. The normalized spacial score (nSPS) is 18.0. The molecule has 1 aliphatic heterocycles. The van der Waals surface area contributed by atoms with Crippen LogP contribution in [0.25, 0.3) is 0 Å². The molecule has 22 heavy (non-hydrogen) atoms. The average Bonchev–Trinajstić information content (AvgIpc) is 3.16. The molecular weight excluding hydrogens is 321 g/mol. The van der Waals surface area contributed by atoms with Crippen molar-refractivity contribution in [2.45, 2.75) is 32.0 Å². The first-order valence-corrected chi connectivity index (χ1v) is 8.35. The van der Waals surface area contributed by atoms with Gasteiger partial charge < -0.3 is 14.6 Å². The Kier molecular flexibility index (Phi) is 5.37. The molecule has 0 radical (unpaired) electrons. The molecule has 2 aromatic rings. The SMILES string of the molecule is Clc1ccc(Cn2ccnc2C[NH2+]C[C@H]2CCCO2)cc1Cl. The second-order valence-corrected chi connectivity index (χ2v) is 6.40. The zero-order valence-corrected chi connectivity index (χ0v) is 13.9. The molecule has 1 aromatic heterocycles. The summed E-state index contributed by atoms with van der Waals surface area (Å²) in [5.74, 6) is 1.06. The maximum Gasteiger partial charge on any atom is 0.164 e. The molecule has 4 nitrogen and oxygen atoms in total. The van der Waals surface area contributed by atoms with Crippen molar-refractivity contribution in [1.29, 1.82) is 0 Å². The topological polar surface area (TPSA) is 43.7 Å². The Labute approximate surface area is 140 Å². The lowest BCUT2D eigenvalue weighted by atomic mass is 10.2. The number of hydrogen-bond acceptors (Lipinski definition) is 2. The highest BCUT2D eigenvalue weighted by Crippen LogP contribution is 2.23. The summed E-state index contributed by atoms with van der Waals surface area (Å²) in [6.45, 7) is 3.51. The largest absolute Gasteiger partial charge is 0.372 e. The summed E-state index contributed by atoms with van der Waals surface area (Å²) in [7, 11) is 0. The van der Waals surface area contributed by atoms with Gasteiger partial charge in [0.05, 0.1) is 10.0 Å². The van der Waals surface area contributed by atoms with E-state index in [0.29, 0.717) is 16.1 Å². The lowest BCUT2D eigenvalue weighted by molar-refractivity contribution is -0.677. The minimum Gasteiger partial charge on any atom is -0.372 e. The van der Waals surface area contributed by atoms with Crippen LogP contribution >= 0.6 is 23.2 Å². The molecule has 1 aromatic carbocycles. The van der Waals surface area contributed by atoms with Crippen LogP contribution in [0.15, 0.2) is 30.6 Å². The predicted octanol–water partition coefficient (Wildman–Crippen LogP) is 2.48. The van der Waals surface area contributed by atoms with Crippen molar-refractivity contribution < 1.29 is 10.1 Å². The van der Waals surface area contributed by atoms with E-state index in [1.807, 2.05) is 30.6 Å². The van der Waals surface area contributed by atoms with E-state index in [1.165, 1.54) is 12.8 Å². The Morgan fingerprint density at radius 2 is 2.23 bits per heavy atom. The summed E-state index contributed by atoms with van der Waals surface area (Å²) in [6, 6.07) is 5.73. The highest BCUT2D eigenvalue weighted by Gasteiger charge is 2.17. The van der Waals surface area contributed by atoms with Crippen molar-refractivity contribution in [3.8, 4) is 0 Å². The van der Waals surface area contributed by atoms with Gasteiger partial charge >= 0.3 is 0 Å². The fourth-order valence-electron chi connectivity index (χ4n) is 2.74. The molecule has 3 rings (SSSR count). The van der Waals surface area contributed by atoms with Gasteiger partial charge in [0, 0.05) is 25.5 Å². The monoisotopic (exact) mass is 340 g/mol. The number of halogens is 2.